The second-order valence-corrected chi connectivity index (χ2v) is 7.93. The second kappa shape index (κ2) is 8.35. The van der Waals surface area contributed by atoms with Crippen LogP contribution in [0.2, 0.25) is 0 Å². The van der Waals surface area contributed by atoms with Crippen molar-refractivity contribution in [2.75, 3.05) is 18.9 Å². The van der Waals surface area contributed by atoms with E-state index in [-0.39, 0.29) is 4.90 Å². The zero-order chi connectivity index (χ0) is 20.1. The maximum absolute atomic E-state index is 12.7. The Hall–Kier alpha value is -2.99. The van der Waals surface area contributed by atoms with Gasteiger partial charge in [-0.1, -0.05) is 31.2 Å². The minimum absolute atomic E-state index is 0.228. The van der Waals surface area contributed by atoms with Crippen LogP contribution < -0.4 is 14.2 Å². The van der Waals surface area contributed by atoms with Crippen molar-refractivity contribution in [3.05, 3.63) is 72.3 Å². The maximum atomic E-state index is 12.7. The van der Waals surface area contributed by atoms with Crippen LogP contribution in [0.5, 0.6) is 11.5 Å². The number of anilines is 1. The molecule has 3 rings (SSSR count). The lowest BCUT2D eigenvalue weighted by Crippen LogP contribution is -2.13. The lowest BCUT2D eigenvalue weighted by molar-refractivity contribution is 0.414. The third-order valence-corrected chi connectivity index (χ3v) is 5.89. The summed E-state index contributed by atoms with van der Waals surface area (Å²) in [6.07, 6.45) is 0.859. The lowest BCUT2D eigenvalue weighted by atomic mass is 10.0. The summed E-state index contributed by atoms with van der Waals surface area (Å²) in [4.78, 5) is 0.228. The van der Waals surface area contributed by atoms with E-state index in [0.29, 0.717) is 11.4 Å². The van der Waals surface area contributed by atoms with Crippen molar-refractivity contribution >= 4 is 15.7 Å². The van der Waals surface area contributed by atoms with E-state index in [1.165, 1.54) is 0 Å². The normalized spacial score (nSPS) is 11.1. The summed E-state index contributed by atoms with van der Waals surface area (Å²) >= 11 is 0. The number of methoxy groups -OCH3 is 2. The molecule has 146 valence electrons. The number of hydrogen-bond donors (Lipinski definition) is 1. The monoisotopic (exact) mass is 397 g/mol. The van der Waals surface area contributed by atoms with Crippen LogP contribution in [-0.4, -0.2) is 22.6 Å². The van der Waals surface area contributed by atoms with Gasteiger partial charge < -0.3 is 9.47 Å². The topological polar surface area (TPSA) is 64.6 Å². The van der Waals surface area contributed by atoms with E-state index in [0.717, 1.165) is 28.9 Å². The van der Waals surface area contributed by atoms with Crippen LogP contribution in [0, 0.1) is 0 Å². The smallest absolute Gasteiger partial charge is 0.261 e. The molecule has 3 aromatic carbocycles. The molecule has 0 heterocycles. The first-order valence-corrected chi connectivity index (χ1v) is 10.4. The molecule has 0 aliphatic heterocycles. The number of ether oxygens (including phenoxy) is 2. The molecule has 0 saturated heterocycles. The number of benzene rings is 3. The molecule has 3 aromatic rings. The highest BCUT2D eigenvalue weighted by molar-refractivity contribution is 7.92. The minimum Gasteiger partial charge on any atom is -0.497 e. The number of sulfonamides is 1. The summed E-state index contributed by atoms with van der Waals surface area (Å²) in [7, 11) is -0.484. The average molecular weight is 397 g/mol. The fourth-order valence-corrected chi connectivity index (χ4v) is 3.94. The summed E-state index contributed by atoms with van der Waals surface area (Å²) < 4.78 is 38.7. The van der Waals surface area contributed by atoms with E-state index in [1.54, 1.807) is 44.6 Å². The summed E-state index contributed by atoms with van der Waals surface area (Å²) in [5, 5.41) is 0. The molecule has 0 saturated carbocycles. The van der Waals surface area contributed by atoms with Gasteiger partial charge in [-0.25, -0.2) is 8.42 Å². The van der Waals surface area contributed by atoms with Crippen molar-refractivity contribution in [1.29, 1.82) is 0 Å². The van der Waals surface area contributed by atoms with E-state index in [9.17, 15) is 8.42 Å². The molecule has 0 fully saturated rings. The van der Waals surface area contributed by atoms with Crippen LogP contribution in [0.25, 0.3) is 11.1 Å². The first-order chi connectivity index (χ1) is 13.5. The van der Waals surface area contributed by atoms with E-state index in [4.69, 9.17) is 9.47 Å². The largest absolute Gasteiger partial charge is 0.497 e. The van der Waals surface area contributed by atoms with E-state index >= 15 is 0 Å². The molecule has 0 bridgehead atoms. The Morgan fingerprint density at radius 1 is 0.857 bits per heavy atom. The first kappa shape index (κ1) is 19.8. The standard InChI is InChI=1S/C22H23NO4S/c1-4-16-5-12-20(13-6-16)28(24,25)23-18-9-14-22(27-3)21(15-18)17-7-10-19(26-2)11-8-17/h5-15,23H,4H2,1-3H3. The van der Waals surface area contributed by atoms with Gasteiger partial charge in [-0.2, -0.15) is 0 Å². The molecule has 0 amide bonds. The van der Waals surface area contributed by atoms with Crippen molar-refractivity contribution in [1.82, 2.24) is 0 Å². The molecule has 0 atom stereocenters. The highest BCUT2D eigenvalue weighted by atomic mass is 32.2. The zero-order valence-corrected chi connectivity index (χ0v) is 16.9. The molecule has 0 aliphatic carbocycles. The third kappa shape index (κ3) is 4.28. The van der Waals surface area contributed by atoms with Crippen molar-refractivity contribution in [2.45, 2.75) is 18.2 Å². The Balaban J connectivity index is 1.93. The molecular weight excluding hydrogens is 374 g/mol. The van der Waals surface area contributed by atoms with E-state index < -0.39 is 10.0 Å². The van der Waals surface area contributed by atoms with Gasteiger partial charge in [-0.15, -0.1) is 0 Å². The molecule has 0 unspecified atom stereocenters. The summed E-state index contributed by atoms with van der Waals surface area (Å²) in [6.45, 7) is 2.03. The fourth-order valence-electron chi connectivity index (χ4n) is 2.89. The molecule has 28 heavy (non-hydrogen) atoms. The van der Waals surface area contributed by atoms with Gasteiger partial charge >= 0.3 is 0 Å². The molecule has 0 aliphatic rings. The predicted molar refractivity (Wildman–Crippen MR) is 112 cm³/mol. The van der Waals surface area contributed by atoms with Gasteiger partial charge in [-0.3, -0.25) is 4.72 Å². The second-order valence-electron chi connectivity index (χ2n) is 6.25. The molecule has 5 nitrogen and oxygen atoms in total. The SMILES string of the molecule is CCc1ccc(S(=O)(=O)Nc2ccc(OC)c(-c3ccc(OC)cc3)c2)cc1. The van der Waals surface area contributed by atoms with Crippen LogP contribution in [0.3, 0.4) is 0 Å². The van der Waals surface area contributed by atoms with E-state index in [1.807, 2.05) is 43.3 Å². The summed E-state index contributed by atoms with van der Waals surface area (Å²) in [5.74, 6) is 1.40. The van der Waals surface area contributed by atoms with Gasteiger partial charge in [-0.05, 0) is 60.0 Å². The van der Waals surface area contributed by atoms with Crippen molar-refractivity contribution in [3.8, 4) is 22.6 Å². The quantitative estimate of drug-likeness (QED) is 0.626. The molecule has 6 heteroatoms. The van der Waals surface area contributed by atoms with Gasteiger partial charge in [0.25, 0.3) is 10.0 Å². The average Bonchev–Trinajstić information content (AvgIpc) is 2.73. The number of hydrogen-bond acceptors (Lipinski definition) is 4. The maximum Gasteiger partial charge on any atom is 0.261 e. The predicted octanol–water partition coefficient (Wildman–Crippen LogP) is 4.73. The molecular formula is C22H23NO4S. The van der Waals surface area contributed by atoms with Crippen LogP contribution >= 0.6 is 0 Å². The Morgan fingerprint density at radius 3 is 2.11 bits per heavy atom. The molecule has 0 radical (unpaired) electrons. The van der Waals surface area contributed by atoms with Gasteiger partial charge in [0.1, 0.15) is 11.5 Å². The highest BCUT2D eigenvalue weighted by Gasteiger charge is 2.16. The van der Waals surface area contributed by atoms with E-state index in [2.05, 4.69) is 4.72 Å². The molecule has 0 aromatic heterocycles. The Kier molecular flexibility index (Phi) is 5.90. The number of aryl methyl sites for hydroxylation is 1. The van der Waals surface area contributed by atoms with Gasteiger partial charge in [0.15, 0.2) is 0 Å². The Morgan fingerprint density at radius 2 is 1.54 bits per heavy atom. The Bertz CT molecular complexity index is 1040. The van der Waals surface area contributed by atoms with Crippen molar-refractivity contribution in [2.24, 2.45) is 0 Å². The zero-order valence-electron chi connectivity index (χ0n) is 16.1. The molecule has 1 N–H and O–H groups in total. The van der Waals surface area contributed by atoms with Crippen molar-refractivity contribution in [3.63, 3.8) is 0 Å². The highest BCUT2D eigenvalue weighted by Crippen LogP contribution is 2.34. The third-order valence-electron chi connectivity index (χ3n) is 4.49. The number of rotatable bonds is 7. The lowest BCUT2D eigenvalue weighted by Gasteiger charge is -2.13. The van der Waals surface area contributed by atoms with Gasteiger partial charge in [0, 0.05) is 11.3 Å². The minimum atomic E-state index is -3.68. The van der Waals surface area contributed by atoms with Crippen LogP contribution in [0.4, 0.5) is 5.69 Å². The first-order valence-electron chi connectivity index (χ1n) is 8.91. The number of nitrogens with one attached hydrogen (secondary N) is 1. The van der Waals surface area contributed by atoms with Gasteiger partial charge in [0.05, 0.1) is 19.1 Å². The van der Waals surface area contributed by atoms with Crippen LogP contribution in [-0.2, 0) is 16.4 Å². The van der Waals surface area contributed by atoms with Crippen molar-refractivity contribution < 1.29 is 17.9 Å². The summed E-state index contributed by atoms with van der Waals surface area (Å²) in [6, 6.07) is 19.6. The Labute approximate surface area is 166 Å². The summed E-state index contributed by atoms with van der Waals surface area (Å²) in [5.41, 5.74) is 3.23. The molecule has 0 spiro atoms. The fraction of sp³-hybridized carbons (Fsp3) is 0.182. The van der Waals surface area contributed by atoms with Crippen LogP contribution in [0.15, 0.2) is 71.6 Å². The van der Waals surface area contributed by atoms with Gasteiger partial charge in [0.2, 0.25) is 0 Å². The van der Waals surface area contributed by atoms with Crippen LogP contribution in [0.1, 0.15) is 12.5 Å².